The predicted octanol–water partition coefficient (Wildman–Crippen LogP) is 6.00. The second-order valence-corrected chi connectivity index (χ2v) is 8.90. The quantitative estimate of drug-likeness (QED) is 0.368. The number of rotatable bonds is 7. The summed E-state index contributed by atoms with van der Waals surface area (Å²) in [5.74, 6) is 1.60. The molecule has 31 heavy (non-hydrogen) atoms. The summed E-state index contributed by atoms with van der Waals surface area (Å²) >= 11 is 9.87. The highest BCUT2D eigenvalue weighted by Crippen LogP contribution is 2.37. The highest BCUT2D eigenvalue weighted by Gasteiger charge is 2.16. The van der Waals surface area contributed by atoms with Crippen molar-refractivity contribution in [3.8, 4) is 11.5 Å². The zero-order valence-corrected chi connectivity index (χ0v) is 20.5. The summed E-state index contributed by atoms with van der Waals surface area (Å²) in [6.45, 7) is 10.1. The van der Waals surface area contributed by atoms with Crippen molar-refractivity contribution in [2.45, 2.75) is 46.6 Å². The summed E-state index contributed by atoms with van der Waals surface area (Å²) in [6, 6.07) is 8.97. The average molecular weight is 507 g/mol. The molecule has 6 nitrogen and oxygen atoms in total. The van der Waals surface area contributed by atoms with Crippen LogP contribution in [0.4, 0.5) is 0 Å². The molecule has 0 N–H and O–H groups in total. The fourth-order valence-electron chi connectivity index (χ4n) is 3.05. The van der Waals surface area contributed by atoms with E-state index in [1.165, 1.54) is 4.68 Å². The molecule has 0 fully saturated rings. The van der Waals surface area contributed by atoms with Gasteiger partial charge in [0.05, 0.1) is 34.9 Å². The van der Waals surface area contributed by atoms with Gasteiger partial charge in [0.2, 0.25) is 0 Å². The number of hydrogen-bond donors (Lipinski definition) is 0. The molecule has 0 aliphatic carbocycles. The standard InChI is InChI=1S/C23H25BrClN3O3/c1-6-30-20-10-15(9-18(25)21(20)31-14(4)5)12-26-28-22(13(2)3)27-19-8-7-16(24)11-17(19)23(28)29/h7-14H,6H2,1-5H3. The Hall–Kier alpha value is -2.38. The second kappa shape index (κ2) is 9.83. The molecule has 1 heterocycles. The zero-order chi connectivity index (χ0) is 22.7. The van der Waals surface area contributed by atoms with E-state index in [0.29, 0.717) is 45.4 Å². The van der Waals surface area contributed by atoms with Crippen molar-refractivity contribution < 1.29 is 9.47 Å². The SMILES string of the molecule is CCOc1cc(C=Nn2c(C(C)C)nc3ccc(Br)cc3c2=O)cc(Cl)c1OC(C)C. The average Bonchev–Trinajstić information content (AvgIpc) is 2.70. The molecule has 0 spiro atoms. The fraction of sp³-hybridized carbons (Fsp3) is 0.348. The number of hydrogen-bond acceptors (Lipinski definition) is 5. The predicted molar refractivity (Wildman–Crippen MR) is 129 cm³/mol. The van der Waals surface area contributed by atoms with Crippen LogP contribution in [0.25, 0.3) is 10.9 Å². The molecule has 0 bridgehead atoms. The van der Waals surface area contributed by atoms with E-state index in [0.717, 1.165) is 4.47 Å². The molecule has 164 valence electrons. The Morgan fingerprint density at radius 1 is 1.23 bits per heavy atom. The lowest BCUT2D eigenvalue weighted by molar-refractivity contribution is 0.224. The molecule has 0 unspecified atom stereocenters. The van der Waals surface area contributed by atoms with Crippen molar-refractivity contribution in [1.29, 1.82) is 0 Å². The number of halogens is 2. The molecule has 2 aromatic carbocycles. The van der Waals surface area contributed by atoms with Crippen LogP contribution in [0.2, 0.25) is 5.02 Å². The van der Waals surface area contributed by atoms with Gasteiger partial charge < -0.3 is 9.47 Å². The topological polar surface area (TPSA) is 65.7 Å². The molecule has 0 amide bonds. The Morgan fingerprint density at radius 2 is 1.97 bits per heavy atom. The Labute approximate surface area is 195 Å². The van der Waals surface area contributed by atoms with Gasteiger partial charge in [0, 0.05) is 10.4 Å². The Morgan fingerprint density at radius 3 is 2.61 bits per heavy atom. The summed E-state index contributed by atoms with van der Waals surface area (Å²) in [7, 11) is 0. The van der Waals surface area contributed by atoms with Crippen LogP contribution in [0.15, 0.2) is 44.7 Å². The van der Waals surface area contributed by atoms with Gasteiger partial charge in [-0.3, -0.25) is 4.79 Å². The van der Waals surface area contributed by atoms with Gasteiger partial charge in [-0.15, -0.1) is 0 Å². The molecular weight excluding hydrogens is 482 g/mol. The van der Waals surface area contributed by atoms with Crippen LogP contribution in [0, 0.1) is 0 Å². The van der Waals surface area contributed by atoms with Crippen molar-refractivity contribution in [1.82, 2.24) is 9.66 Å². The van der Waals surface area contributed by atoms with Gasteiger partial charge in [0.25, 0.3) is 5.56 Å². The van der Waals surface area contributed by atoms with Crippen LogP contribution in [0.5, 0.6) is 11.5 Å². The van der Waals surface area contributed by atoms with Gasteiger partial charge >= 0.3 is 0 Å². The molecule has 3 aromatic rings. The maximum Gasteiger partial charge on any atom is 0.282 e. The molecular formula is C23H25BrClN3O3. The minimum atomic E-state index is -0.234. The third-order valence-electron chi connectivity index (χ3n) is 4.36. The van der Waals surface area contributed by atoms with Gasteiger partial charge in [0.15, 0.2) is 11.5 Å². The first-order chi connectivity index (χ1) is 14.7. The third kappa shape index (κ3) is 5.28. The molecule has 0 atom stereocenters. The number of ether oxygens (including phenoxy) is 2. The van der Waals surface area contributed by atoms with Crippen molar-refractivity contribution >= 4 is 44.6 Å². The van der Waals surface area contributed by atoms with Crippen molar-refractivity contribution in [2.24, 2.45) is 5.10 Å². The molecule has 0 saturated heterocycles. The summed E-state index contributed by atoms with van der Waals surface area (Å²) < 4.78 is 13.7. The smallest absolute Gasteiger partial charge is 0.282 e. The van der Waals surface area contributed by atoms with E-state index >= 15 is 0 Å². The molecule has 0 saturated carbocycles. The van der Waals surface area contributed by atoms with Crippen LogP contribution in [-0.4, -0.2) is 28.6 Å². The first-order valence-electron chi connectivity index (χ1n) is 10.1. The number of fused-ring (bicyclic) bond motifs is 1. The normalized spacial score (nSPS) is 11.8. The first kappa shape index (κ1) is 23.3. The van der Waals surface area contributed by atoms with Gasteiger partial charge in [-0.05, 0) is 56.7 Å². The van der Waals surface area contributed by atoms with Gasteiger partial charge in [-0.1, -0.05) is 41.4 Å². The monoisotopic (exact) mass is 505 g/mol. The Kier molecular flexibility index (Phi) is 7.38. The van der Waals surface area contributed by atoms with Crippen molar-refractivity contribution in [3.05, 3.63) is 61.6 Å². The van der Waals surface area contributed by atoms with E-state index in [-0.39, 0.29) is 17.6 Å². The van der Waals surface area contributed by atoms with E-state index in [4.69, 9.17) is 21.1 Å². The van der Waals surface area contributed by atoms with E-state index in [9.17, 15) is 4.79 Å². The van der Waals surface area contributed by atoms with Crippen molar-refractivity contribution in [3.63, 3.8) is 0 Å². The molecule has 0 aliphatic rings. The second-order valence-electron chi connectivity index (χ2n) is 7.58. The van der Waals surface area contributed by atoms with Crippen LogP contribution < -0.4 is 15.0 Å². The van der Waals surface area contributed by atoms with Crippen LogP contribution in [0.1, 0.15) is 51.9 Å². The van der Waals surface area contributed by atoms with Crippen LogP contribution in [-0.2, 0) is 0 Å². The summed E-state index contributed by atoms with van der Waals surface area (Å²) in [5.41, 5.74) is 1.09. The summed E-state index contributed by atoms with van der Waals surface area (Å²) in [6.07, 6.45) is 1.53. The van der Waals surface area contributed by atoms with E-state index in [1.54, 1.807) is 24.4 Å². The van der Waals surface area contributed by atoms with E-state index in [1.807, 2.05) is 46.8 Å². The minimum Gasteiger partial charge on any atom is -0.490 e. The first-order valence-corrected chi connectivity index (χ1v) is 11.3. The maximum absolute atomic E-state index is 13.2. The minimum absolute atomic E-state index is 0.00212. The summed E-state index contributed by atoms with van der Waals surface area (Å²) in [5, 5.41) is 5.36. The van der Waals surface area contributed by atoms with Gasteiger partial charge in [-0.2, -0.15) is 9.78 Å². The zero-order valence-electron chi connectivity index (χ0n) is 18.1. The lowest BCUT2D eigenvalue weighted by atomic mass is 10.2. The fourth-order valence-corrected chi connectivity index (χ4v) is 3.68. The summed E-state index contributed by atoms with van der Waals surface area (Å²) in [4.78, 5) is 17.8. The molecule has 1 aromatic heterocycles. The third-order valence-corrected chi connectivity index (χ3v) is 5.13. The van der Waals surface area contributed by atoms with Gasteiger partial charge in [-0.25, -0.2) is 4.98 Å². The van der Waals surface area contributed by atoms with Crippen LogP contribution >= 0.6 is 27.5 Å². The lowest BCUT2D eigenvalue weighted by Crippen LogP contribution is -2.23. The van der Waals surface area contributed by atoms with E-state index in [2.05, 4.69) is 26.0 Å². The van der Waals surface area contributed by atoms with E-state index < -0.39 is 0 Å². The number of benzene rings is 2. The molecule has 0 radical (unpaired) electrons. The lowest BCUT2D eigenvalue weighted by Gasteiger charge is -2.16. The highest BCUT2D eigenvalue weighted by atomic mass is 79.9. The largest absolute Gasteiger partial charge is 0.490 e. The molecule has 3 rings (SSSR count). The number of aromatic nitrogens is 2. The Bertz CT molecular complexity index is 1190. The van der Waals surface area contributed by atoms with Crippen LogP contribution in [0.3, 0.4) is 0 Å². The molecule has 0 aliphatic heterocycles. The molecule has 8 heteroatoms. The maximum atomic E-state index is 13.2. The van der Waals surface area contributed by atoms with Crippen molar-refractivity contribution in [2.75, 3.05) is 6.61 Å². The Balaban J connectivity index is 2.11. The number of nitrogens with zero attached hydrogens (tertiary/aromatic N) is 3. The highest BCUT2D eigenvalue weighted by molar-refractivity contribution is 9.10. The van der Waals surface area contributed by atoms with Gasteiger partial charge in [0.1, 0.15) is 5.82 Å².